The van der Waals surface area contributed by atoms with Crippen LogP contribution in [0.3, 0.4) is 0 Å². The van der Waals surface area contributed by atoms with Crippen LogP contribution in [0.5, 0.6) is 0 Å². The van der Waals surface area contributed by atoms with Crippen molar-refractivity contribution in [2.45, 2.75) is 129 Å². The van der Waals surface area contributed by atoms with Crippen LogP contribution in [0.2, 0.25) is 0 Å². The fourth-order valence-electron chi connectivity index (χ4n) is 9.90. The Labute approximate surface area is 539 Å². The zero-order chi connectivity index (χ0) is 68.2. The second-order valence-corrected chi connectivity index (χ2v) is 24.2. The first-order valence-electron chi connectivity index (χ1n) is 31.0. The number of alkyl carbamates (subject to hydrolysis) is 2. The molecule has 4 aromatic rings. The monoisotopic (exact) mass is 1290 g/mol. The molecular weight excluding hydrogens is 1190 g/mol. The molecule has 0 aromatic heterocycles. The predicted molar refractivity (Wildman–Crippen MR) is 345 cm³/mol. The minimum atomic E-state index is -1.61. The summed E-state index contributed by atoms with van der Waals surface area (Å²) in [5, 5.41) is 46.7. The van der Waals surface area contributed by atoms with Crippen LogP contribution in [0.25, 0.3) is 0 Å². The third-order valence-corrected chi connectivity index (χ3v) is 14.9. The molecule has 0 saturated heterocycles. The molecule has 4 amide bonds. The number of nitrogens with one attached hydrogen (secondary N) is 2. The van der Waals surface area contributed by atoms with Crippen molar-refractivity contribution >= 4 is 70.3 Å². The van der Waals surface area contributed by atoms with Crippen molar-refractivity contribution in [1.82, 2.24) is 19.6 Å². The summed E-state index contributed by atoms with van der Waals surface area (Å²) >= 11 is 0. The number of methoxy groups -OCH3 is 2. The van der Waals surface area contributed by atoms with E-state index in [2.05, 4.69) is 10.6 Å². The summed E-state index contributed by atoms with van der Waals surface area (Å²) in [4.78, 5) is 104. The quantitative estimate of drug-likeness (QED) is 0.0104. The van der Waals surface area contributed by atoms with E-state index in [4.69, 9.17) is 37.9 Å². The van der Waals surface area contributed by atoms with E-state index in [0.29, 0.717) is 114 Å². The van der Waals surface area contributed by atoms with Gasteiger partial charge in [-0.05, 0) is 142 Å². The van der Waals surface area contributed by atoms with Gasteiger partial charge in [0, 0.05) is 83.9 Å². The molecule has 24 heteroatoms. The second kappa shape index (κ2) is 36.8. The molecule has 0 atom stereocenters. The Bertz CT molecular complexity index is 2650. The Morgan fingerprint density at radius 3 is 0.772 bits per heavy atom. The number of quaternary nitrogens is 2. The highest BCUT2D eigenvalue weighted by atomic mass is 16.6. The average Bonchev–Trinajstić information content (AvgIpc) is 0.771. The van der Waals surface area contributed by atoms with Gasteiger partial charge in [-0.15, -0.1) is 0 Å². The van der Waals surface area contributed by atoms with Gasteiger partial charge >= 0.3 is 24.4 Å². The fraction of sp³-hybridized carbons (Fsp3) is 0.529. The molecule has 0 bridgehead atoms. The summed E-state index contributed by atoms with van der Waals surface area (Å²) in [6.07, 6.45) is 2.72. The molecule has 0 aliphatic heterocycles. The Morgan fingerprint density at radius 2 is 0.554 bits per heavy atom. The predicted octanol–water partition coefficient (Wildman–Crippen LogP) is 9.65. The van der Waals surface area contributed by atoms with Crippen molar-refractivity contribution in [2.24, 2.45) is 0 Å². The topological polar surface area (TPSA) is 315 Å². The normalized spacial score (nSPS) is 12.2. The number of aliphatic hydroxyl groups is 4. The number of unbranched alkanes of at least 4 members (excludes halogenated alkanes) is 6. The van der Waals surface area contributed by atoms with Crippen LogP contribution in [0.15, 0.2) is 97.1 Å². The second-order valence-electron chi connectivity index (χ2n) is 24.2. The smallest absolute Gasteiger partial charge is 0.447 e. The van der Waals surface area contributed by atoms with Gasteiger partial charge in [-0.25, -0.2) is 9.59 Å². The molecule has 0 saturated carbocycles. The summed E-state index contributed by atoms with van der Waals surface area (Å²) in [6.45, 7) is 14.6. The highest BCUT2D eigenvalue weighted by Crippen LogP contribution is 2.40. The van der Waals surface area contributed by atoms with Gasteiger partial charge in [0.25, 0.3) is 0 Å². The third-order valence-electron chi connectivity index (χ3n) is 14.9. The molecular formula is C68H96N4O20+2. The lowest BCUT2D eigenvalue weighted by atomic mass is 9.95. The number of carbonyl (C=O) groups excluding carboxylic acids is 8. The molecule has 0 fully saturated rings. The van der Waals surface area contributed by atoms with E-state index in [-0.39, 0.29) is 75.0 Å². The maximum absolute atomic E-state index is 13.8. The van der Waals surface area contributed by atoms with Gasteiger partial charge in [0.15, 0.2) is 23.1 Å². The molecule has 24 nitrogen and oxygen atoms in total. The summed E-state index contributed by atoms with van der Waals surface area (Å²) in [7, 11) is 2.56. The van der Waals surface area contributed by atoms with Crippen molar-refractivity contribution in [3.63, 3.8) is 0 Å². The maximum atomic E-state index is 13.8. The van der Waals surface area contributed by atoms with Crippen LogP contribution in [0.4, 0.5) is 41.9 Å². The maximum Gasteiger partial charge on any atom is 0.526 e. The van der Waals surface area contributed by atoms with Crippen molar-refractivity contribution in [3.05, 3.63) is 119 Å². The van der Waals surface area contributed by atoms with Crippen molar-refractivity contribution in [1.29, 1.82) is 0 Å². The highest BCUT2D eigenvalue weighted by Gasteiger charge is 2.45. The number of rotatable bonds is 41. The molecule has 0 spiro atoms. The van der Waals surface area contributed by atoms with Gasteiger partial charge < -0.3 is 69.0 Å². The highest BCUT2D eigenvalue weighted by molar-refractivity contribution is 6.05. The van der Waals surface area contributed by atoms with Crippen LogP contribution in [0, 0.1) is 0 Å². The average molecular weight is 1290 g/mol. The zero-order valence-electron chi connectivity index (χ0n) is 55.0. The Hall–Kier alpha value is -7.36. The van der Waals surface area contributed by atoms with Crippen molar-refractivity contribution in [2.75, 3.05) is 106 Å². The summed E-state index contributed by atoms with van der Waals surface area (Å²) in [6, 6.07) is 25.5. The number of nitrogens with zero attached hydrogens (tertiary/aromatic N) is 2. The summed E-state index contributed by atoms with van der Waals surface area (Å²) in [5.41, 5.74) is -3.42. The Kier molecular flexibility index (Phi) is 30.8. The van der Waals surface area contributed by atoms with Gasteiger partial charge in [0.2, 0.25) is 0 Å². The zero-order valence-corrected chi connectivity index (χ0v) is 55.0. The van der Waals surface area contributed by atoms with Crippen LogP contribution in [-0.4, -0.2) is 197 Å². The van der Waals surface area contributed by atoms with Gasteiger partial charge in [-0.2, -0.15) is 18.6 Å². The first kappa shape index (κ1) is 77.1. The minimum Gasteiger partial charge on any atom is -0.447 e. The molecule has 0 aliphatic carbocycles. The van der Waals surface area contributed by atoms with E-state index < -0.39 is 78.9 Å². The first-order chi connectivity index (χ1) is 43.4. The van der Waals surface area contributed by atoms with E-state index in [0.717, 1.165) is 0 Å². The van der Waals surface area contributed by atoms with E-state index in [1.54, 1.807) is 97.1 Å². The lowest BCUT2D eigenvalue weighted by Gasteiger charge is -2.33. The standard InChI is InChI=1S/C68H94N4O20/c1-65(2,81)57(73)49-19-27-53(28-20-49)71(63(79)85-9,54-29-21-50(22-30-54)58(74)66(3,4)82)37-17-13-11-15-35-69-61(77)91-47-45-89-43-41-87-39-40-88-42-44-90-46-48-92-62(78)70-36-16-12-14-18-38-72(64(80)86-10,55-31-23-51(24-32-55)59(75)67(5,6)83)56-33-25-52(26-34-56)60(76)68(7,8)84/h19-34,81-84H,11-18,35-48H2,1-10H3/p+2. The number of ether oxygens (including phenoxy) is 8. The number of ketones is 4. The largest absolute Gasteiger partial charge is 0.526 e. The SMILES string of the molecule is COC(=O)[N+](CCCCCCNC(=O)OCCOCCOCCOCCOCCOC(=O)NCCCCCC[N+](C(=O)OC)(c1ccc(C(=O)C(C)(C)O)cc1)c1ccc(C(=O)C(C)(C)O)cc1)(c1ccc(C(=O)C(C)(C)O)cc1)c1ccc(C(=O)C(C)(C)O)cc1. The van der Waals surface area contributed by atoms with E-state index in [9.17, 15) is 58.8 Å². The number of Topliss-reactive ketones (excluding diaryl/α,β-unsaturated/α-hetero) is 4. The number of benzene rings is 4. The lowest BCUT2D eigenvalue weighted by Crippen LogP contribution is -2.50. The minimum absolute atomic E-state index is 0.0391. The molecule has 6 N–H and O–H groups in total. The number of carbonyl (C=O) groups is 8. The third kappa shape index (κ3) is 23.3. The van der Waals surface area contributed by atoms with Crippen LogP contribution in [-0.2, 0) is 37.9 Å². The molecule has 92 heavy (non-hydrogen) atoms. The van der Waals surface area contributed by atoms with E-state index in [1.807, 2.05) is 0 Å². The molecule has 0 unspecified atom stereocenters. The van der Waals surface area contributed by atoms with Crippen LogP contribution in [0.1, 0.15) is 148 Å². The van der Waals surface area contributed by atoms with Gasteiger partial charge in [-0.3, -0.25) is 19.2 Å². The Morgan fingerprint density at radius 1 is 0.337 bits per heavy atom. The van der Waals surface area contributed by atoms with Gasteiger partial charge in [0.1, 0.15) is 58.4 Å². The van der Waals surface area contributed by atoms with Crippen molar-refractivity contribution in [3.8, 4) is 0 Å². The fourth-order valence-corrected chi connectivity index (χ4v) is 9.90. The first-order valence-corrected chi connectivity index (χ1v) is 31.0. The van der Waals surface area contributed by atoms with Gasteiger partial charge in [0.05, 0.1) is 80.2 Å². The molecule has 0 radical (unpaired) electrons. The summed E-state index contributed by atoms with van der Waals surface area (Å²) in [5.74, 6) is -1.95. The van der Waals surface area contributed by atoms with Crippen LogP contribution >= 0.6 is 0 Å². The molecule has 506 valence electrons. The molecule has 4 rings (SSSR count). The summed E-state index contributed by atoms with van der Waals surface area (Å²) < 4.78 is 42.4. The number of hydrogen-bond acceptors (Lipinski definition) is 20. The molecule has 0 heterocycles. The Balaban J connectivity index is 1.03. The number of hydrogen-bond donors (Lipinski definition) is 6. The molecule has 0 aliphatic rings. The lowest BCUT2D eigenvalue weighted by molar-refractivity contribution is -0.0102. The van der Waals surface area contributed by atoms with Crippen molar-refractivity contribution < 1.29 is 96.7 Å². The molecule has 4 aromatic carbocycles. The number of amides is 4. The van der Waals surface area contributed by atoms with Gasteiger partial charge in [-0.1, -0.05) is 12.8 Å². The van der Waals surface area contributed by atoms with Crippen LogP contribution < -0.4 is 19.6 Å². The van der Waals surface area contributed by atoms with E-state index >= 15 is 0 Å². The van der Waals surface area contributed by atoms with E-state index in [1.165, 1.54) is 69.6 Å².